The normalized spacial score (nSPS) is 21.4. The Kier molecular flexibility index (Phi) is 3.08. The molecule has 0 aromatic heterocycles. The summed E-state index contributed by atoms with van der Waals surface area (Å²) < 4.78 is 0. The van der Waals surface area contributed by atoms with Crippen molar-refractivity contribution in [3.8, 4) is 6.07 Å². The van der Waals surface area contributed by atoms with Crippen molar-refractivity contribution in [2.24, 2.45) is 5.92 Å². The van der Waals surface area contributed by atoms with Gasteiger partial charge in [0.05, 0.1) is 12.6 Å². The summed E-state index contributed by atoms with van der Waals surface area (Å²) in [5.41, 5.74) is 3.49. The molecule has 1 aromatic rings. The van der Waals surface area contributed by atoms with Crippen molar-refractivity contribution in [3.63, 3.8) is 0 Å². The lowest BCUT2D eigenvalue weighted by atomic mass is 9.97. The molecular formula is C15H12N2. The van der Waals surface area contributed by atoms with Crippen LogP contribution in [0.3, 0.4) is 0 Å². The van der Waals surface area contributed by atoms with E-state index >= 15 is 0 Å². The van der Waals surface area contributed by atoms with E-state index in [1.54, 1.807) is 0 Å². The van der Waals surface area contributed by atoms with Gasteiger partial charge in [-0.15, -0.1) is 0 Å². The van der Waals surface area contributed by atoms with E-state index in [-0.39, 0.29) is 5.70 Å². The molecule has 0 spiro atoms. The smallest absolute Gasteiger partial charge is 0.226 e. The molecule has 1 atom stereocenters. The van der Waals surface area contributed by atoms with Gasteiger partial charge in [-0.3, -0.25) is 0 Å². The van der Waals surface area contributed by atoms with Gasteiger partial charge in [-0.25, -0.2) is 10.1 Å². The van der Waals surface area contributed by atoms with Crippen LogP contribution in [0.4, 0.5) is 0 Å². The van der Waals surface area contributed by atoms with Crippen LogP contribution >= 0.6 is 0 Å². The van der Waals surface area contributed by atoms with Gasteiger partial charge in [0.25, 0.3) is 5.70 Å². The van der Waals surface area contributed by atoms with Gasteiger partial charge in [0.15, 0.2) is 0 Å². The second-order valence-electron chi connectivity index (χ2n) is 4.17. The van der Waals surface area contributed by atoms with Crippen molar-refractivity contribution < 1.29 is 0 Å². The first-order valence-electron chi connectivity index (χ1n) is 5.54. The Morgan fingerprint density at radius 3 is 2.71 bits per heavy atom. The third-order valence-corrected chi connectivity index (χ3v) is 3.02. The Morgan fingerprint density at radius 2 is 2.12 bits per heavy atom. The minimum absolute atomic E-state index is 0.225. The van der Waals surface area contributed by atoms with E-state index in [2.05, 4.69) is 23.9 Å². The molecule has 0 saturated carbocycles. The lowest BCUT2D eigenvalue weighted by molar-refractivity contribution is 0.774. The van der Waals surface area contributed by atoms with E-state index in [0.29, 0.717) is 5.92 Å². The first kappa shape index (κ1) is 11.2. The zero-order chi connectivity index (χ0) is 12.3. The number of nitrogens with zero attached hydrogens (tertiary/aromatic N) is 2. The Labute approximate surface area is 101 Å². The molecule has 0 heterocycles. The highest BCUT2D eigenvalue weighted by Crippen LogP contribution is 2.37. The zero-order valence-corrected chi connectivity index (χ0v) is 9.64. The van der Waals surface area contributed by atoms with E-state index in [1.807, 2.05) is 30.3 Å². The summed E-state index contributed by atoms with van der Waals surface area (Å²) in [6.45, 7) is 9.11. The van der Waals surface area contributed by atoms with Crippen molar-refractivity contribution in [2.75, 3.05) is 0 Å². The summed E-state index contributed by atoms with van der Waals surface area (Å²) in [6.07, 6.45) is 2.78. The summed E-state index contributed by atoms with van der Waals surface area (Å²) in [4.78, 5) is 3.28. The quantitative estimate of drug-likeness (QED) is 0.522. The van der Waals surface area contributed by atoms with Crippen molar-refractivity contribution >= 4 is 5.57 Å². The fourth-order valence-electron chi connectivity index (χ4n) is 2.16. The molecule has 0 saturated heterocycles. The molecule has 0 amide bonds. The van der Waals surface area contributed by atoms with Gasteiger partial charge in [-0.1, -0.05) is 43.3 Å². The molecule has 82 valence electrons. The van der Waals surface area contributed by atoms with E-state index in [9.17, 15) is 0 Å². The minimum atomic E-state index is 0.225. The highest BCUT2D eigenvalue weighted by atomic mass is 14.7. The van der Waals surface area contributed by atoms with Crippen LogP contribution in [0.2, 0.25) is 0 Å². The molecule has 0 fully saturated rings. The van der Waals surface area contributed by atoms with Crippen molar-refractivity contribution in [2.45, 2.75) is 13.3 Å². The monoisotopic (exact) mass is 220 g/mol. The Bertz CT molecular complexity index is 549. The molecule has 1 unspecified atom stereocenters. The highest BCUT2D eigenvalue weighted by Gasteiger charge is 2.21. The van der Waals surface area contributed by atoms with E-state index < -0.39 is 0 Å². The molecule has 0 aliphatic heterocycles. The van der Waals surface area contributed by atoms with Crippen molar-refractivity contribution in [1.29, 1.82) is 5.26 Å². The maximum absolute atomic E-state index is 8.88. The number of rotatable bonds is 1. The molecule has 2 heteroatoms. The molecule has 1 aliphatic carbocycles. The van der Waals surface area contributed by atoms with Crippen LogP contribution in [0.1, 0.15) is 18.9 Å². The van der Waals surface area contributed by atoms with E-state index in [1.165, 1.54) is 11.1 Å². The van der Waals surface area contributed by atoms with Gasteiger partial charge < -0.3 is 0 Å². The lowest BCUT2D eigenvalue weighted by Crippen LogP contribution is -1.92. The van der Waals surface area contributed by atoms with Crippen LogP contribution in [-0.2, 0) is 0 Å². The van der Waals surface area contributed by atoms with Crippen molar-refractivity contribution in [3.05, 3.63) is 64.7 Å². The Morgan fingerprint density at radius 1 is 1.41 bits per heavy atom. The fraction of sp³-hybridized carbons (Fsp3) is 0.200. The van der Waals surface area contributed by atoms with Gasteiger partial charge in [0, 0.05) is 0 Å². The molecule has 0 N–H and O–H groups in total. The average Bonchev–Trinajstić information content (AvgIpc) is 2.74. The highest BCUT2D eigenvalue weighted by molar-refractivity contribution is 5.74. The lowest BCUT2D eigenvalue weighted by Gasteiger charge is -2.08. The summed E-state index contributed by atoms with van der Waals surface area (Å²) in [5.74, 6) is 0.373. The number of hydrogen-bond acceptors (Lipinski definition) is 1. The third kappa shape index (κ3) is 2.12. The molecule has 2 rings (SSSR count). The largest absolute Gasteiger partial charge is 0.265 e. The second-order valence-corrected chi connectivity index (χ2v) is 4.17. The minimum Gasteiger partial charge on any atom is -0.226 e. The Hall–Kier alpha value is -2.32. The zero-order valence-electron chi connectivity index (χ0n) is 9.64. The molecule has 1 aromatic carbocycles. The molecule has 1 aliphatic rings. The third-order valence-electron chi connectivity index (χ3n) is 3.02. The number of nitriles is 1. The topological polar surface area (TPSA) is 28.1 Å². The van der Waals surface area contributed by atoms with Crippen LogP contribution in [0, 0.1) is 23.8 Å². The maximum Gasteiger partial charge on any atom is 0.265 e. The second kappa shape index (κ2) is 4.68. The van der Waals surface area contributed by atoms with Crippen LogP contribution in [0.5, 0.6) is 0 Å². The summed E-state index contributed by atoms with van der Waals surface area (Å²) in [5, 5.41) is 8.88. The molecule has 0 radical (unpaired) electrons. The first-order valence-corrected chi connectivity index (χ1v) is 5.54. The number of benzene rings is 1. The Balaban J connectivity index is 2.45. The molecule has 17 heavy (non-hydrogen) atoms. The average molecular weight is 220 g/mol. The maximum atomic E-state index is 8.88. The molecule has 2 nitrogen and oxygen atoms in total. The molecule has 0 bridgehead atoms. The standard InChI is InChI=1S/C15H12N2/c1-11-8-13(15(10-16)17-2)9-14(11)12-6-4-3-5-7-12/h3-7,9,11H,8H2,1H3/b15-13+. The van der Waals surface area contributed by atoms with Crippen LogP contribution in [0.15, 0.2) is 47.7 Å². The summed E-state index contributed by atoms with van der Waals surface area (Å²) in [6, 6.07) is 12.1. The fourth-order valence-corrected chi connectivity index (χ4v) is 2.16. The van der Waals surface area contributed by atoms with Crippen LogP contribution in [0.25, 0.3) is 10.4 Å². The number of allylic oxidation sites excluding steroid dienone is 4. The summed E-state index contributed by atoms with van der Waals surface area (Å²) in [7, 11) is 0. The SMILES string of the molecule is [C-]#[N+]/C(C#N)=C1/C=C(c2ccccc2)C(C)C1. The predicted octanol–water partition coefficient (Wildman–Crippen LogP) is 3.81. The van der Waals surface area contributed by atoms with Gasteiger partial charge in [0.1, 0.15) is 0 Å². The van der Waals surface area contributed by atoms with E-state index in [0.717, 1.165) is 12.0 Å². The van der Waals surface area contributed by atoms with Crippen molar-refractivity contribution in [1.82, 2.24) is 0 Å². The van der Waals surface area contributed by atoms with Gasteiger partial charge in [0.2, 0.25) is 0 Å². The number of hydrogen-bond donors (Lipinski definition) is 0. The predicted molar refractivity (Wildman–Crippen MR) is 67.4 cm³/mol. The van der Waals surface area contributed by atoms with E-state index in [4.69, 9.17) is 11.8 Å². The van der Waals surface area contributed by atoms with Gasteiger partial charge in [-0.2, -0.15) is 0 Å². The van der Waals surface area contributed by atoms with Crippen LogP contribution < -0.4 is 0 Å². The van der Waals surface area contributed by atoms with Gasteiger partial charge >= 0.3 is 0 Å². The molecular weight excluding hydrogens is 208 g/mol. The first-order chi connectivity index (χ1) is 8.26. The van der Waals surface area contributed by atoms with Crippen LogP contribution in [-0.4, -0.2) is 0 Å². The van der Waals surface area contributed by atoms with Gasteiger partial charge in [-0.05, 0) is 29.0 Å². The summed E-state index contributed by atoms with van der Waals surface area (Å²) >= 11 is 0.